The van der Waals surface area contributed by atoms with Crippen molar-refractivity contribution in [3.05, 3.63) is 24.0 Å². The van der Waals surface area contributed by atoms with Gasteiger partial charge in [-0.15, -0.1) is 0 Å². The fourth-order valence-electron chi connectivity index (χ4n) is 2.06. The largest absolute Gasteiger partial charge is 0.353 e. The van der Waals surface area contributed by atoms with Gasteiger partial charge in [0.2, 0.25) is 5.91 Å². The molecule has 0 N–H and O–H groups in total. The Bertz CT molecular complexity index is 368. The Hall–Kier alpha value is -1.25. The summed E-state index contributed by atoms with van der Waals surface area (Å²) in [7, 11) is 2.02. The van der Waals surface area contributed by atoms with E-state index in [-0.39, 0.29) is 11.9 Å². The van der Waals surface area contributed by atoms with Gasteiger partial charge in [-0.1, -0.05) is 19.8 Å². The molecule has 0 saturated carbocycles. The first-order chi connectivity index (χ1) is 8.56. The lowest BCUT2D eigenvalue weighted by Gasteiger charge is -2.27. The summed E-state index contributed by atoms with van der Waals surface area (Å²) >= 11 is 0. The predicted octanol–water partition coefficient (Wildman–Crippen LogP) is 3.34. The summed E-state index contributed by atoms with van der Waals surface area (Å²) in [4.78, 5) is 14.2. The zero-order valence-electron chi connectivity index (χ0n) is 12.1. The molecular weight excluding hydrogens is 224 g/mol. The van der Waals surface area contributed by atoms with E-state index in [0.717, 1.165) is 19.3 Å². The van der Waals surface area contributed by atoms with E-state index in [4.69, 9.17) is 0 Å². The maximum absolute atomic E-state index is 12.2. The highest BCUT2D eigenvalue weighted by atomic mass is 16.2. The van der Waals surface area contributed by atoms with Gasteiger partial charge in [0.05, 0.1) is 6.54 Å². The van der Waals surface area contributed by atoms with Gasteiger partial charge in [0.1, 0.15) is 0 Å². The Balaban J connectivity index is 2.60. The zero-order chi connectivity index (χ0) is 13.5. The molecule has 0 bridgehead atoms. The van der Waals surface area contributed by atoms with E-state index in [1.807, 2.05) is 24.2 Å². The van der Waals surface area contributed by atoms with E-state index in [1.54, 1.807) is 0 Å². The van der Waals surface area contributed by atoms with Gasteiger partial charge in [-0.3, -0.25) is 4.79 Å². The Labute approximate surface area is 111 Å². The van der Waals surface area contributed by atoms with Crippen LogP contribution in [0.3, 0.4) is 0 Å². The van der Waals surface area contributed by atoms with Crippen LogP contribution in [-0.4, -0.2) is 21.4 Å². The van der Waals surface area contributed by atoms with Gasteiger partial charge in [-0.05, 0) is 32.4 Å². The minimum absolute atomic E-state index is 0.258. The van der Waals surface area contributed by atoms with E-state index in [0.29, 0.717) is 13.0 Å². The SMILES string of the molecule is CCCCCC(=O)N(Cc1cccn1C)C(C)C. The molecule has 0 aliphatic heterocycles. The molecular formula is C15H26N2O. The van der Waals surface area contributed by atoms with Gasteiger partial charge in [0.15, 0.2) is 0 Å². The van der Waals surface area contributed by atoms with E-state index < -0.39 is 0 Å². The van der Waals surface area contributed by atoms with Crippen molar-refractivity contribution in [2.24, 2.45) is 7.05 Å². The second-order valence-electron chi connectivity index (χ2n) is 5.18. The molecule has 1 aromatic heterocycles. The molecule has 0 saturated heterocycles. The second-order valence-corrected chi connectivity index (χ2v) is 5.18. The zero-order valence-corrected chi connectivity index (χ0v) is 12.1. The van der Waals surface area contributed by atoms with Crippen LogP contribution < -0.4 is 0 Å². The third-order valence-corrected chi connectivity index (χ3v) is 3.32. The first kappa shape index (κ1) is 14.8. The fraction of sp³-hybridized carbons (Fsp3) is 0.667. The maximum Gasteiger partial charge on any atom is 0.223 e. The average molecular weight is 250 g/mol. The highest BCUT2D eigenvalue weighted by Gasteiger charge is 2.17. The number of unbranched alkanes of at least 4 members (excludes halogenated alkanes) is 2. The van der Waals surface area contributed by atoms with Crippen LogP contribution in [0.25, 0.3) is 0 Å². The van der Waals surface area contributed by atoms with Crippen LogP contribution in [0.5, 0.6) is 0 Å². The van der Waals surface area contributed by atoms with Crippen molar-refractivity contribution in [1.82, 2.24) is 9.47 Å². The second kappa shape index (κ2) is 7.24. The lowest BCUT2D eigenvalue weighted by atomic mass is 10.1. The van der Waals surface area contributed by atoms with Crippen molar-refractivity contribution < 1.29 is 4.79 Å². The number of carbonyl (C=O) groups is 1. The van der Waals surface area contributed by atoms with Crippen molar-refractivity contribution in [3.63, 3.8) is 0 Å². The monoisotopic (exact) mass is 250 g/mol. The molecule has 1 rings (SSSR count). The molecule has 0 radical (unpaired) electrons. The van der Waals surface area contributed by atoms with Crippen LogP contribution in [0.15, 0.2) is 18.3 Å². The van der Waals surface area contributed by atoms with Crippen LogP contribution in [-0.2, 0) is 18.4 Å². The number of carbonyl (C=O) groups excluding carboxylic acids is 1. The smallest absolute Gasteiger partial charge is 0.223 e. The van der Waals surface area contributed by atoms with E-state index in [9.17, 15) is 4.79 Å². The Morgan fingerprint density at radius 3 is 2.61 bits per heavy atom. The van der Waals surface area contributed by atoms with Crippen molar-refractivity contribution >= 4 is 5.91 Å². The van der Waals surface area contributed by atoms with Crippen LogP contribution in [0.2, 0.25) is 0 Å². The molecule has 1 heterocycles. The molecule has 0 atom stereocenters. The van der Waals surface area contributed by atoms with Crippen molar-refractivity contribution in [1.29, 1.82) is 0 Å². The summed E-state index contributed by atoms with van der Waals surface area (Å²) in [6, 6.07) is 4.36. The minimum Gasteiger partial charge on any atom is -0.353 e. The summed E-state index contributed by atoms with van der Waals surface area (Å²) < 4.78 is 2.08. The molecule has 0 unspecified atom stereocenters. The first-order valence-corrected chi connectivity index (χ1v) is 6.96. The quantitative estimate of drug-likeness (QED) is 0.681. The molecule has 1 aromatic rings. The Morgan fingerprint density at radius 1 is 1.39 bits per heavy atom. The summed E-state index contributed by atoms with van der Waals surface area (Å²) in [5, 5.41) is 0. The fourth-order valence-corrected chi connectivity index (χ4v) is 2.06. The topological polar surface area (TPSA) is 25.2 Å². The van der Waals surface area contributed by atoms with Gasteiger partial charge >= 0.3 is 0 Å². The summed E-state index contributed by atoms with van der Waals surface area (Å²) in [5.74, 6) is 0.277. The number of nitrogens with zero attached hydrogens (tertiary/aromatic N) is 2. The Kier molecular flexibility index (Phi) is 5.96. The predicted molar refractivity (Wildman–Crippen MR) is 75.2 cm³/mol. The number of aryl methyl sites for hydroxylation is 1. The van der Waals surface area contributed by atoms with Gasteiger partial charge in [-0.25, -0.2) is 0 Å². The molecule has 18 heavy (non-hydrogen) atoms. The maximum atomic E-state index is 12.2. The lowest BCUT2D eigenvalue weighted by molar-refractivity contribution is -0.133. The van der Waals surface area contributed by atoms with Crippen LogP contribution in [0, 0.1) is 0 Å². The first-order valence-electron chi connectivity index (χ1n) is 6.96. The molecule has 0 fully saturated rings. The van der Waals surface area contributed by atoms with E-state index in [1.165, 1.54) is 5.69 Å². The number of rotatable bonds is 7. The molecule has 3 heteroatoms. The highest BCUT2D eigenvalue weighted by Crippen LogP contribution is 2.12. The van der Waals surface area contributed by atoms with Gasteiger partial charge in [0, 0.05) is 31.4 Å². The highest BCUT2D eigenvalue weighted by molar-refractivity contribution is 5.76. The van der Waals surface area contributed by atoms with Crippen molar-refractivity contribution in [3.8, 4) is 0 Å². The minimum atomic E-state index is 0.258. The van der Waals surface area contributed by atoms with Crippen molar-refractivity contribution in [2.75, 3.05) is 0 Å². The number of amides is 1. The van der Waals surface area contributed by atoms with Crippen LogP contribution in [0.4, 0.5) is 0 Å². The molecule has 0 aliphatic rings. The summed E-state index contributed by atoms with van der Waals surface area (Å²) in [5.41, 5.74) is 1.19. The third-order valence-electron chi connectivity index (χ3n) is 3.32. The standard InChI is InChI=1S/C15H26N2O/c1-5-6-7-10-15(18)17(13(2)3)12-14-9-8-11-16(14)4/h8-9,11,13H,5-7,10,12H2,1-4H3. The number of aromatic nitrogens is 1. The molecule has 0 spiro atoms. The lowest BCUT2D eigenvalue weighted by Crippen LogP contribution is -2.36. The van der Waals surface area contributed by atoms with Crippen molar-refractivity contribution in [2.45, 2.75) is 59.0 Å². The normalized spacial score (nSPS) is 10.9. The van der Waals surface area contributed by atoms with Gasteiger partial charge in [-0.2, -0.15) is 0 Å². The Morgan fingerprint density at radius 2 is 2.11 bits per heavy atom. The summed E-state index contributed by atoms with van der Waals surface area (Å²) in [6.45, 7) is 7.04. The molecule has 0 aliphatic carbocycles. The van der Waals surface area contributed by atoms with Gasteiger partial charge in [0.25, 0.3) is 0 Å². The average Bonchev–Trinajstić information content (AvgIpc) is 2.71. The van der Waals surface area contributed by atoms with E-state index in [2.05, 4.69) is 31.4 Å². The molecule has 0 aromatic carbocycles. The molecule has 102 valence electrons. The third kappa shape index (κ3) is 4.21. The van der Waals surface area contributed by atoms with Gasteiger partial charge < -0.3 is 9.47 Å². The van der Waals surface area contributed by atoms with Crippen LogP contribution >= 0.6 is 0 Å². The van der Waals surface area contributed by atoms with Crippen LogP contribution in [0.1, 0.15) is 52.1 Å². The summed E-state index contributed by atoms with van der Waals surface area (Å²) in [6.07, 6.45) is 6.01. The molecule has 1 amide bonds. The number of hydrogen-bond acceptors (Lipinski definition) is 1. The van der Waals surface area contributed by atoms with E-state index >= 15 is 0 Å². The molecule has 3 nitrogen and oxygen atoms in total. The number of hydrogen-bond donors (Lipinski definition) is 0.